The molecule has 0 saturated carbocycles. The Morgan fingerprint density at radius 2 is 1.35 bits per heavy atom. The van der Waals surface area contributed by atoms with Gasteiger partial charge in [0.25, 0.3) is 0 Å². The van der Waals surface area contributed by atoms with E-state index in [2.05, 4.69) is 73.8 Å². The first kappa shape index (κ1) is 22.4. The molecule has 23 heavy (non-hydrogen) atoms. The maximum Gasteiger partial charge on any atom is 0.249 e. The standard InChI is InChI=1S/C18H37NO2Si2/c1-12-18(15-19,21-23(10,11)17(5,6)7)13-14-20-22(8,9)16(2,3)4/h13-14H,12H2,1-11H3/b14-13+/t18-/m1/s1. The summed E-state index contributed by atoms with van der Waals surface area (Å²) in [4.78, 5) is 0. The highest BCUT2D eigenvalue weighted by Gasteiger charge is 2.44. The number of hydrogen-bond acceptors (Lipinski definition) is 3. The molecule has 1 atom stereocenters. The number of nitriles is 1. The van der Waals surface area contributed by atoms with Gasteiger partial charge < -0.3 is 8.85 Å². The molecule has 0 aromatic rings. The molecular formula is C18H37NO2Si2. The summed E-state index contributed by atoms with van der Waals surface area (Å²) in [5, 5.41) is 9.95. The summed E-state index contributed by atoms with van der Waals surface area (Å²) < 4.78 is 12.5. The zero-order chi connectivity index (χ0) is 18.7. The van der Waals surface area contributed by atoms with Gasteiger partial charge in [-0.05, 0) is 48.8 Å². The zero-order valence-electron chi connectivity index (χ0n) is 17.1. The van der Waals surface area contributed by atoms with Crippen LogP contribution >= 0.6 is 0 Å². The number of hydrogen-bond donors (Lipinski definition) is 0. The lowest BCUT2D eigenvalue weighted by molar-refractivity contribution is 0.151. The van der Waals surface area contributed by atoms with Gasteiger partial charge in [0, 0.05) is 0 Å². The number of nitrogens with zero attached hydrogens (tertiary/aromatic N) is 1. The summed E-state index contributed by atoms with van der Waals surface area (Å²) in [5.74, 6) is 0. The molecule has 5 heteroatoms. The molecule has 0 heterocycles. The van der Waals surface area contributed by atoms with Crippen molar-refractivity contribution in [2.75, 3.05) is 0 Å². The van der Waals surface area contributed by atoms with E-state index in [1.165, 1.54) is 0 Å². The van der Waals surface area contributed by atoms with E-state index in [1.807, 2.05) is 13.0 Å². The van der Waals surface area contributed by atoms with Crippen LogP contribution in [0, 0.1) is 11.3 Å². The molecule has 3 nitrogen and oxygen atoms in total. The molecule has 0 bridgehead atoms. The largest absolute Gasteiger partial charge is 0.549 e. The van der Waals surface area contributed by atoms with Crippen molar-refractivity contribution < 1.29 is 8.85 Å². The summed E-state index contributed by atoms with van der Waals surface area (Å²) in [5.41, 5.74) is -0.897. The quantitative estimate of drug-likeness (QED) is 0.420. The van der Waals surface area contributed by atoms with E-state index in [4.69, 9.17) is 8.85 Å². The fourth-order valence-electron chi connectivity index (χ4n) is 1.46. The Bertz CT molecular complexity index is 465. The molecule has 0 saturated heterocycles. The van der Waals surface area contributed by atoms with Crippen molar-refractivity contribution in [2.24, 2.45) is 0 Å². The molecule has 0 aliphatic heterocycles. The van der Waals surface area contributed by atoms with Gasteiger partial charge in [-0.3, -0.25) is 0 Å². The van der Waals surface area contributed by atoms with E-state index in [0.29, 0.717) is 6.42 Å². The summed E-state index contributed by atoms with van der Waals surface area (Å²) >= 11 is 0. The van der Waals surface area contributed by atoms with E-state index in [1.54, 1.807) is 6.26 Å². The fraction of sp³-hybridized carbons (Fsp3) is 0.833. The number of rotatable bonds is 6. The van der Waals surface area contributed by atoms with Crippen molar-refractivity contribution >= 4 is 16.6 Å². The van der Waals surface area contributed by atoms with E-state index >= 15 is 0 Å². The second kappa shape index (κ2) is 7.12. The molecule has 0 aliphatic rings. The van der Waals surface area contributed by atoms with Crippen LogP contribution in [0.3, 0.4) is 0 Å². The molecule has 0 spiro atoms. The van der Waals surface area contributed by atoms with Crippen LogP contribution in [0.25, 0.3) is 0 Å². The second-order valence-electron chi connectivity index (χ2n) is 9.40. The van der Waals surface area contributed by atoms with Crippen LogP contribution in [0.2, 0.25) is 36.3 Å². The van der Waals surface area contributed by atoms with Gasteiger partial charge in [-0.15, -0.1) is 0 Å². The van der Waals surface area contributed by atoms with Crippen LogP contribution in [-0.2, 0) is 8.85 Å². The lowest BCUT2D eigenvalue weighted by Crippen LogP contribution is -2.48. The Kier molecular flexibility index (Phi) is 6.94. The van der Waals surface area contributed by atoms with Gasteiger partial charge >= 0.3 is 0 Å². The van der Waals surface area contributed by atoms with Crippen LogP contribution in [0.5, 0.6) is 0 Å². The molecule has 0 aromatic carbocycles. The normalized spacial score (nSPS) is 17.0. The average molecular weight is 356 g/mol. The Morgan fingerprint density at radius 1 is 0.913 bits per heavy atom. The van der Waals surface area contributed by atoms with Crippen molar-refractivity contribution in [1.29, 1.82) is 5.26 Å². The van der Waals surface area contributed by atoms with Crippen molar-refractivity contribution in [1.82, 2.24) is 0 Å². The minimum Gasteiger partial charge on any atom is -0.549 e. The molecule has 0 amide bonds. The molecule has 0 N–H and O–H groups in total. The van der Waals surface area contributed by atoms with Crippen molar-refractivity contribution in [2.45, 2.75) is 96.8 Å². The Morgan fingerprint density at radius 3 is 1.65 bits per heavy atom. The SMILES string of the molecule is CC[C@](C#N)(/C=C/O[Si](C)(C)C(C)(C)C)O[Si](C)(C)C(C)(C)C. The first-order valence-corrected chi connectivity index (χ1v) is 14.3. The van der Waals surface area contributed by atoms with Crippen molar-refractivity contribution in [3.63, 3.8) is 0 Å². The van der Waals surface area contributed by atoms with Crippen LogP contribution < -0.4 is 0 Å². The summed E-state index contributed by atoms with van der Waals surface area (Å²) in [7, 11) is -3.90. The van der Waals surface area contributed by atoms with E-state index in [-0.39, 0.29) is 10.1 Å². The minimum absolute atomic E-state index is 0.0679. The smallest absolute Gasteiger partial charge is 0.249 e. The van der Waals surface area contributed by atoms with Crippen molar-refractivity contribution in [3.05, 3.63) is 12.3 Å². The molecule has 0 radical (unpaired) electrons. The molecule has 0 aromatic heterocycles. The fourth-order valence-corrected chi connectivity index (χ4v) is 3.70. The van der Waals surface area contributed by atoms with Crippen LogP contribution in [0.15, 0.2) is 12.3 Å². The third kappa shape index (κ3) is 5.77. The van der Waals surface area contributed by atoms with E-state index in [9.17, 15) is 5.26 Å². The van der Waals surface area contributed by atoms with Gasteiger partial charge in [0.05, 0.1) is 6.26 Å². The Hall–Kier alpha value is -0.576. The van der Waals surface area contributed by atoms with Gasteiger partial charge in [0.1, 0.15) is 6.07 Å². The maximum atomic E-state index is 9.75. The minimum atomic E-state index is -2.03. The van der Waals surface area contributed by atoms with Crippen LogP contribution in [-0.4, -0.2) is 22.2 Å². The van der Waals surface area contributed by atoms with Crippen LogP contribution in [0.4, 0.5) is 0 Å². The second-order valence-corrected chi connectivity index (χ2v) is 18.9. The first-order chi connectivity index (χ1) is 10.0. The van der Waals surface area contributed by atoms with Gasteiger partial charge in [0.15, 0.2) is 13.9 Å². The van der Waals surface area contributed by atoms with E-state index in [0.717, 1.165) is 0 Å². The highest BCUT2D eigenvalue weighted by Crippen LogP contribution is 2.40. The Balaban J connectivity index is 5.37. The van der Waals surface area contributed by atoms with Gasteiger partial charge in [-0.1, -0.05) is 48.5 Å². The van der Waals surface area contributed by atoms with Gasteiger partial charge in [0.2, 0.25) is 8.32 Å². The third-order valence-corrected chi connectivity index (χ3v) is 14.3. The van der Waals surface area contributed by atoms with Crippen LogP contribution in [0.1, 0.15) is 54.9 Å². The highest BCUT2D eigenvalue weighted by molar-refractivity contribution is 6.74. The third-order valence-electron chi connectivity index (χ3n) is 5.46. The monoisotopic (exact) mass is 355 g/mol. The topological polar surface area (TPSA) is 42.2 Å². The molecule has 0 rings (SSSR count). The summed E-state index contributed by atoms with van der Waals surface area (Å²) in [6, 6.07) is 2.38. The van der Waals surface area contributed by atoms with Crippen molar-refractivity contribution in [3.8, 4) is 6.07 Å². The predicted octanol–water partition coefficient (Wildman–Crippen LogP) is 6.22. The summed E-state index contributed by atoms with van der Waals surface area (Å²) in [6.07, 6.45) is 4.17. The molecule has 0 aliphatic carbocycles. The van der Waals surface area contributed by atoms with Gasteiger partial charge in [-0.2, -0.15) is 5.26 Å². The molecular weight excluding hydrogens is 318 g/mol. The summed E-state index contributed by atoms with van der Waals surface area (Å²) in [6.45, 7) is 23.9. The Labute approximate surface area is 146 Å². The van der Waals surface area contributed by atoms with E-state index < -0.39 is 22.2 Å². The van der Waals surface area contributed by atoms with Gasteiger partial charge in [-0.25, -0.2) is 0 Å². The average Bonchev–Trinajstić information content (AvgIpc) is 2.34. The first-order valence-electron chi connectivity index (χ1n) is 8.50. The molecule has 0 fully saturated rings. The predicted molar refractivity (Wildman–Crippen MR) is 104 cm³/mol. The lowest BCUT2D eigenvalue weighted by atomic mass is 10.0. The maximum absolute atomic E-state index is 9.75. The lowest BCUT2D eigenvalue weighted by Gasteiger charge is -2.41. The highest BCUT2D eigenvalue weighted by atomic mass is 28.4. The molecule has 0 unspecified atom stereocenters. The molecule has 134 valence electrons. The zero-order valence-corrected chi connectivity index (χ0v) is 19.1.